The third-order valence-corrected chi connectivity index (χ3v) is 3.90. The topological polar surface area (TPSA) is 67.4 Å². The molecule has 0 bridgehead atoms. The third kappa shape index (κ3) is 4.59. The van der Waals surface area contributed by atoms with Crippen LogP contribution in [0.5, 0.6) is 11.5 Å². The lowest BCUT2D eigenvalue weighted by molar-refractivity contribution is -0.120. The smallest absolute Gasteiger partial charge is 0.224 e. The molecule has 5 heteroatoms. The van der Waals surface area contributed by atoms with Gasteiger partial charge in [-0.25, -0.2) is 0 Å². The molecule has 0 saturated carbocycles. The summed E-state index contributed by atoms with van der Waals surface area (Å²) < 4.78 is 5.75. The minimum Gasteiger partial charge on any atom is -0.457 e. The molecule has 1 fully saturated rings. The number of para-hydroxylation sites is 1. The van der Waals surface area contributed by atoms with Crippen molar-refractivity contribution in [3.05, 3.63) is 54.6 Å². The van der Waals surface area contributed by atoms with Crippen LogP contribution in [0.2, 0.25) is 0 Å². The maximum atomic E-state index is 12.1. The molecule has 0 unspecified atom stereocenters. The van der Waals surface area contributed by atoms with Crippen LogP contribution in [-0.2, 0) is 9.59 Å². The van der Waals surface area contributed by atoms with Gasteiger partial charge in [0.05, 0.1) is 0 Å². The Balaban J connectivity index is 1.52. The molecule has 5 nitrogen and oxygen atoms in total. The summed E-state index contributed by atoms with van der Waals surface area (Å²) in [4.78, 5) is 23.2. The van der Waals surface area contributed by atoms with Crippen LogP contribution in [0.3, 0.4) is 0 Å². The minimum absolute atomic E-state index is 0.0620. The van der Waals surface area contributed by atoms with Gasteiger partial charge in [0.1, 0.15) is 11.5 Å². The predicted molar refractivity (Wildman–Crippen MR) is 92.0 cm³/mol. The number of hydrogen-bond donors (Lipinski definition) is 2. The zero-order valence-corrected chi connectivity index (χ0v) is 13.3. The van der Waals surface area contributed by atoms with Gasteiger partial charge in [-0.1, -0.05) is 24.3 Å². The monoisotopic (exact) mass is 324 g/mol. The largest absolute Gasteiger partial charge is 0.457 e. The first-order valence-corrected chi connectivity index (χ1v) is 8.11. The van der Waals surface area contributed by atoms with Crippen molar-refractivity contribution in [2.45, 2.75) is 31.7 Å². The van der Waals surface area contributed by atoms with Crippen molar-refractivity contribution in [2.75, 3.05) is 5.32 Å². The highest BCUT2D eigenvalue weighted by molar-refractivity contribution is 5.91. The quantitative estimate of drug-likeness (QED) is 0.855. The number of ether oxygens (including phenoxy) is 1. The number of anilines is 1. The summed E-state index contributed by atoms with van der Waals surface area (Å²) in [5.41, 5.74) is 0.698. The molecule has 2 N–H and O–H groups in total. The van der Waals surface area contributed by atoms with Crippen LogP contribution < -0.4 is 15.4 Å². The molecule has 0 aliphatic carbocycles. The van der Waals surface area contributed by atoms with Crippen molar-refractivity contribution >= 4 is 17.5 Å². The Morgan fingerprint density at radius 2 is 1.92 bits per heavy atom. The highest BCUT2D eigenvalue weighted by Gasteiger charge is 2.21. The summed E-state index contributed by atoms with van der Waals surface area (Å²) >= 11 is 0. The normalized spacial score (nSPS) is 16.5. The number of amides is 2. The lowest BCUT2D eigenvalue weighted by atomic mass is 10.1. The zero-order valence-electron chi connectivity index (χ0n) is 13.3. The van der Waals surface area contributed by atoms with E-state index in [2.05, 4.69) is 10.6 Å². The number of benzene rings is 2. The molecule has 1 aliphatic rings. The molecule has 2 aromatic carbocycles. The van der Waals surface area contributed by atoms with E-state index in [-0.39, 0.29) is 17.9 Å². The Hall–Kier alpha value is -2.82. The van der Waals surface area contributed by atoms with E-state index >= 15 is 0 Å². The van der Waals surface area contributed by atoms with Gasteiger partial charge in [-0.3, -0.25) is 9.59 Å². The first-order valence-electron chi connectivity index (χ1n) is 8.11. The molecule has 1 aliphatic heterocycles. The van der Waals surface area contributed by atoms with Crippen LogP contribution in [0.25, 0.3) is 0 Å². The van der Waals surface area contributed by atoms with Gasteiger partial charge in [-0.05, 0) is 37.1 Å². The zero-order chi connectivity index (χ0) is 16.8. The fourth-order valence-electron chi connectivity index (χ4n) is 2.68. The lowest BCUT2D eigenvalue weighted by Crippen LogP contribution is -2.26. The molecule has 1 saturated heterocycles. The van der Waals surface area contributed by atoms with E-state index in [1.54, 1.807) is 6.07 Å². The molecule has 3 rings (SSSR count). The minimum atomic E-state index is -0.0620. The van der Waals surface area contributed by atoms with E-state index in [4.69, 9.17) is 4.74 Å². The Labute approximate surface area is 141 Å². The number of hydrogen-bond acceptors (Lipinski definition) is 3. The van der Waals surface area contributed by atoms with Crippen molar-refractivity contribution in [1.82, 2.24) is 5.32 Å². The van der Waals surface area contributed by atoms with Gasteiger partial charge in [-0.15, -0.1) is 0 Å². The molecular weight excluding hydrogens is 304 g/mol. The van der Waals surface area contributed by atoms with E-state index in [0.29, 0.717) is 30.7 Å². The van der Waals surface area contributed by atoms with Gasteiger partial charge in [0.25, 0.3) is 0 Å². The molecule has 24 heavy (non-hydrogen) atoms. The molecule has 1 atom stereocenters. The Bertz CT molecular complexity index is 716. The van der Waals surface area contributed by atoms with Gasteiger partial charge >= 0.3 is 0 Å². The number of carbonyl (C=O) groups excluding carboxylic acids is 2. The second kappa shape index (κ2) is 7.64. The van der Waals surface area contributed by atoms with E-state index < -0.39 is 0 Å². The Morgan fingerprint density at radius 3 is 2.67 bits per heavy atom. The van der Waals surface area contributed by atoms with Crippen molar-refractivity contribution in [2.24, 2.45) is 0 Å². The third-order valence-electron chi connectivity index (χ3n) is 3.90. The highest BCUT2D eigenvalue weighted by atomic mass is 16.5. The predicted octanol–water partition coefficient (Wildman–Crippen LogP) is 3.48. The van der Waals surface area contributed by atoms with E-state index in [1.165, 1.54) is 0 Å². The SMILES string of the molecule is O=C(CC[C@@H]1CCC(=O)N1)Nc1cccc(Oc2ccccc2)c1. The summed E-state index contributed by atoms with van der Waals surface area (Å²) in [5.74, 6) is 1.43. The maximum absolute atomic E-state index is 12.1. The molecular formula is C19H20N2O3. The Kier molecular flexibility index (Phi) is 5.11. The van der Waals surface area contributed by atoms with Crippen molar-refractivity contribution < 1.29 is 14.3 Å². The first-order chi connectivity index (χ1) is 11.7. The van der Waals surface area contributed by atoms with Gasteiger partial charge in [0.2, 0.25) is 11.8 Å². The van der Waals surface area contributed by atoms with E-state index in [9.17, 15) is 9.59 Å². The maximum Gasteiger partial charge on any atom is 0.224 e. The second-order valence-corrected chi connectivity index (χ2v) is 5.83. The van der Waals surface area contributed by atoms with Gasteiger partial charge in [0, 0.05) is 30.6 Å². The van der Waals surface area contributed by atoms with Crippen molar-refractivity contribution in [3.63, 3.8) is 0 Å². The number of nitrogens with one attached hydrogen (secondary N) is 2. The first kappa shape index (κ1) is 16.1. The Morgan fingerprint density at radius 1 is 1.12 bits per heavy atom. The average Bonchev–Trinajstić information content (AvgIpc) is 3.00. The van der Waals surface area contributed by atoms with Gasteiger partial charge < -0.3 is 15.4 Å². The molecule has 2 aromatic rings. The van der Waals surface area contributed by atoms with Crippen molar-refractivity contribution in [3.8, 4) is 11.5 Å². The molecule has 0 aromatic heterocycles. The summed E-state index contributed by atoms with van der Waals surface area (Å²) in [7, 11) is 0. The summed E-state index contributed by atoms with van der Waals surface area (Å²) in [6.07, 6.45) is 2.42. The second-order valence-electron chi connectivity index (χ2n) is 5.83. The van der Waals surface area contributed by atoms with Crippen LogP contribution in [0, 0.1) is 0 Å². The summed E-state index contributed by atoms with van der Waals surface area (Å²) in [6, 6.07) is 16.9. The van der Waals surface area contributed by atoms with Gasteiger partial charge in [-0.2, -0.15) is 0 Å². The summed E-state index contributed by atoms with van der Waals surface area (Å²) in [5, 5.41) is 5.74. The fourth-order valence-corrected chi connectivity index (χ4v) is 2.68. The molecule has 0 spiro atoms. The van der Waals surface area contributed by atoms with Crippen molar-refractivity contribution in [1.29, 1.82) is 0 Å². The van der Waals surface area contributed by atoms with Crippen LogP contribution in [-0.4, -0.2) is 17.9 Å². The fraction of sp³-hybridized carbons (Fsp3) is 0.263. The standard InChI is InChI=1S/C19H20N2O3/c22-18-11-9-14(20-18)10-12-19(23)21-15-5-4-8-17(13-15)24-16-6-2-1-3-7-16/h1-8,13-14H,9-12H2,(H,20,22)(H,21,23)/t14-/m0/s1. The highest BCUT2D eigenvalue weighted by Crippen LogP contribution is 2.24. The van der Waals surface area contributed by atoms with E-state index in [0.717, 1.165) is 12.2 Å². The molecule has 0 radical (unpaired) electrons. The molecule has 1 heterocycles. The molecule has 2 amide bonds. The van der Waals surface area contributed by atoms with Gasteiger partial charge in [0.15, 0.2) is 0 Å². The van der Waals surface area contributed by atoms with Crippen LogP contribution in [0.15, 0.2) is 54.6 Å². The van der Waals surface area contributed by atoms with Crippen LogP contribution in [0.1, 0.15) is 25.7 Å². The van der Waals surface area contributed by atoms with E-state index in [1.807, 2.05) is 48.5 Å². The lowest BCUT2D eigenvalue weighted by Gasteiger charge is -2.11. The average molecular weight is 324 g/mol. The molecule has 124 valence electrons. The number of carbonyl (C=O) groups is 2. The number of rotatable bonds is 6. The van der Waals surface area contributed by atoms with Crippen LogP contribution in [0.4, 0.5) is 5.69 Å². The summed E-state index contributed by atoms with van der Waals surface area (Å²) in [6.45, 7) is 0. The van der Waals surface area contributed by atoms with Crippen LogP contribution >= 0.6 is 0 Å².